The van der Waals surface area contributed by atoms with Crippen LogP contribution in [0, 0.1) is 5.41 Å². The molecule has 1 spiro atoms. The van der Waals surface area contributed by atoms with E-state index in [1.165, 1.54) is 44.9 Å². The van der Waals surface area contributed by atoms with E-state index in [1.54, 1.807) is 0 Å². The third kappa shape index (κ3) is 2.88. The number of likely N-dealkylation sites (tertiary alicyclic amines) is 1. The zero-order valence-corrected chi connectivity index (χ0v) is 11.9. The molecule has 2 aliphatic heterocycles. The van der Waals surface area contributed by atoms with Crippen molar-refractivity contribution in [3.63, 3.8) is 0 Å². The lowest BCUT2D eigenvalue weighted by molar-refractivity contribution is 0.0296. The molecule has 2 amide bonds. The molecule has 3 rings (SSSR count). The molecule has 1 saturated carbocycles. The molecule has 0 bridgehead atoms. The van der Waals surface area contributed by atoms with Crippen molar-refractivity contribution in [2.24, 2.45) is 5.41 Å². The fraction of sp³-hybridized carbons (Fsp3) is 0.933. The van der Waals surface area contributed by atoms with Gasteiger partial charge in [-0.15, -0.1) is 0 Å². The van der Waals surface area contributed by atoms with Crippen LogP contribution in [-0.2, 0) is 4.74 Å². The number of carbonyl (C=O) groups excluding carboxylic acids is 1. The van der Waals surface area contributed by atoms with Crippen LogP contribution in [0.1, 0.15) is 44.9 Å². The Bertz CT molecular complexity index is 310. The van der Waals surface area contributed by atoms with E-state index in [1.807, 2.05) is 4.90 Å². The third-order valence-corrected chi connectivity index (χ3v) is 5.29. The first-order valence-electron chi connectivity index (χ1n) is 7.91. The van der Waals surface area contributed by atoms with Crippen LogP contribution in [0.4, 0.5) is 4.79 Å². The molecule has 0 aromatic carbocycles. The Morgan fingerprint density at radius 2 is 1.37 bits per heavy atom. The maximum atomic E-state index is 12.4. The second-order valence-corrected chi connectivity index (χ2v) is 6.43. The lowest BCUT2D eigenvalue weighted by atomic mass is 9.68. The molecule has 3 aliphatic rings. The van der Waals surface area contributed by atoms with Crippen molar-refractivity contribution in [3.8, 4) is 0 Å². The van der Waals surface area contributed by atoms with Crippen LogP contribution in [-0.4, -0.2) is 55.2 Å². The summed E-state index contributed by atoms with van der Waals surface area (Å²) >= 11 is 0. The molecule has 2 saturated heterocycles. The van der Waals surface area contributed by atoms with Crippen molar-refractivity contribution in [1.82, 2.24) is 9.80 Å². The number of hydrogen-bond donors (Lipinski definition) is 0. The molecular weight excluding hydrogens is 240 g/mol. The van der Waals surface area contributed by atoms with Crippen LogP contribution in [0.2, 0.25) is 0 Å². The van der Waals surface area contributed by atoms with E-state index in [2.05, 4.69) is 4.90 Å². The highest BCUT2D eigenvalue weighted by Gasteiger charge is 2.37. The summed E-state index contributed by atoms with van der Waals surface area (Å²) in [5.74, 6) is 0. The molecular formula is C15H26N2O2. The van der Waals surface area contributed by atoms with Gasteiger partial charge in [0.15, 0.2) is 0 Å². The van der Waals surface area contributed by atoms with Gasteiger partial charge in [0.1, 0.15) is 0 Å². The highest BCUT2D eigenvalue weighted by atomic mass is 16.5. The highest BCUT2D eigenvalue weighted by molar-refractivity contribution is 5.74. The Labute approximate surface area is 116 Å². The van der Waals surface area contributed by atoms with Gasteiger partial charge in [0, 0.05) is 26.2 Å². The zero-order chi connectivity index (χ0) is 13.1. The monoisotopic (exact) mass is 266 g/mol. The van der Waals surface area contributed by atoms with Crippen molar-refractivity contribution in [1.29, 1.82) is 0 Å². The predicted octanol–water partition coefficient (Wildman–Crippen LogP) is 2.48. The molecule has 3 fully saturated rings. The number of morpholine rings is 1. The van der Waals surface area contributed by atoms with E-state index in [-0.39, 0.29) is 6.03 Å². The van der Waals surface area contributed by atoms with Gasteiger partial charge in [-0.05, 0) is 31.1 Å². The van der Waals surface area contributed by atoms with Crippen LogP contribution in [0.5, 0.6) is 0 Å². The fourth-order valence-electron chi connectivity index (χ4n) is 3.93. The van der Waals surface area contributed by atoms with Crippen LogP contribution in [0.25, 0.3) is 0 Å². The Morgan fingerprint density at radius 1 is 0.789 bits per heavy atom. The zero-order valence-electron chi connectivity index (χ0n) is 11.9. The van der Waals surface area contributed by atoms with Gasteiger partial charge in [-0.2, -0.15) is 0 Å². The molecule has 2 heterocycles. The first-order chi connectivity index (χ1) is 9.29. The molecule has 108 valence electrons. The summed E-state index contributed by atoms with van der Waals surface area (Å²) in [4.78, 5) is 16.5. The molecule has 4 heteroatoms. The molecule has 0 aromatic rings. The van der Waals surface area contributed by atoms with Crippen molar-refractivity contribution in [3.05, 3.63) is 0 Å². The smallest absolute Gasteiger partial charge is 0.320 e. The number of amides is 2. The molecule has 0 N–H and O–H groups in total. The van der Waals surface area contributed by atoms with Gasteiger partial charge in [-0.25, -0.2) is 4.79 Å². The maximum absolute atomic E-state index is 12.4. The highest BCUT2D eigenvalue weighted by Crippen LogP contribution is 2.44. The van der Waals surface area contributed by atoms with E-state index in [4.69, 9.17) is 4.74 Å². The topological polar surface area (TPSA) is 32.8 Å². The maximum Gasteiger partial charge on any atom is 0.320 e. The Balaban J connectivity index is 1.52. The number of nitrogens with zero attached hydrogens (tertiary/aromatic N) is 2. The van der Waals surface area contributed by atoms with Crippen LogP contribution in [0.3, 0.4) is 0 Å². The largest absolute Gasteiger partial charge is 0.378 e. The van der Waals surface area contributed by atoms with E-state index >= 15 is 0 Å². The van der Waals surface area contributed by atoms with Gasteiger partial charge in [0.05, 0.1) is 13.2 Å². The van der Waals surface area contributed by atoms with Gasteiger partial charge in [-0.3, -0.25) is 0 Å². The number of carbonyl (C=O) groups is 1. The molecule has 4 nitrogen and oxygen atoms in total. The Hall–Kier alpha value is -0.770. The molecule has 0 aromatic heterocycles. The van der Waals surface area contributed by atoms with Crippen molar-refractivity contribution < 1.29 is 9.53 Å². The molecule has 1 aliphatic carbocycles. The Kier molecular flexibility index (Phi) is 3.96. The van der Waals surface area contributed by atoms with E-state index < -0.39 is 0 Å². The Morgan fingerprint density at radius 3 is 2.00 bits per heavy atom. The quantitative estimate of drug-likeness (QED) is 0.675. The summed E-state index contributed by atoms with van der Waals surface area (Å²) < 4.78 is 5.31. The number of piperidine rings is 1. The molecule has 0 radical (unpaired) electrons. The minimum absolute atomic E-state index is 0.244. The number of rotatable bonds is 0. The second-order valence-electron chi connectivity index (χ2n) is 6.43. The average molecular weight is 266 g/mol. The average Bonchev–Trinajstić information content (AvgIpc) is 2.49. The molecule has 0 atom stereocenters. The van der Waals surface area contributed by atoms with Gasteiger partial charge in [0.25, 0.3) is 0 Å². The number of ether oxygens (including phenoxy) is 1. The first kappa shape index (κ1) is 13.2. The summed E-state index contributed by atoms with van der Waals surface area (Å²) in [6.45, 7) is 4.86. The normalized spacial score (nSPS) is 27.6. The van der Waals surface area contributed by atoms with Crippen molar-refractivity contribution >= 4 is 6.03 Å². The van der Waals surface area contributed by atoms with E-state index in [0.717, 1.165) is 26.2 Å². The number of hydrogen-bond acceptors (Lipinski definition) is 2. The van der Waals surface area contributed by atoms with Gasteiger partial charge in [0.2, 0.25) is 0 Å². The SMILES string of the molecule is O=C(N1CCOCC1)N1CCC2(CCCCC2)CC1. The predicted molar refractivity (Wildman–Crippen MR) is 74.1 cm³/mol. The standard InChI is InChI=1S/C15H26N2O2/c18-14(17-10-12-19-13-11-17)16-8-6-15(7-9-16)4-2-1-3-5-15/h1-13H2. The fourth-order valence-corrected chi connectivity index (χ4v) is 3.93. The summed E-state index contributed by atoms with van der Waals surface area (Å²) in [6.07, 6.45) is 9.46. The van der Waals surface area contributed by atoms with Crippen LogP contribution >= 0.6 is 0 Å². The summed E-state index contributed by atoms with van der Waals surface area (Å²) in [5.41, 5.74) is 0.583. The molecule has 19 heavy (non-hydrogen) atoms. The number of urea groups is 1. The van der Waals surface area contributed by atoms with Crippen molar-refractivity contribution in [2.45, 2.75) is 44.9 Å². The minimum atomic E-state index is 0.244. The lowest BCUT2D eigenvalue weighted by Crippen LogP contribution is -2.52. The minimum Gasteiger partial charge on any atom is -0.378 e. The lowest BCUT2D eigenvalue weighted by Gasteiger charge is -2.45. The van der Waals surface area contributed by atoms with Crippen LogP contribution in [0.15, 0.2) is 0 Å². The van der Waals surface area contributed by atoms with E-state index in [9.17, 15) is 4.79 Å². The van der Waals surface area contributed by atoms with E-state index in [0.29, 0.717) is 18.6 Å². The van der Waals surface area contributed by atoms with Gasteiger partial charge >= 0.3 is 6.03 Å². The third-order valence-electron chi connectivity index (χ3n) is 5.29. The van der Waals surface area contributed by atoms with Gasteiger partial charge in [-0.1, -0.05) is 19.3 Å². The summed E-state index contributed by atoms with van der Waals surface area (Å²) in [6, 6.07) is 0.244. The van der Waals surface area contributed by atoms with Crippen molar-refractivity contribution in [2.75, 3.05) is 39.4 Å². The summed E-state index contributed by atoms with van der Waals surface area (Å²) in [5, 5.41) is 0. The van der Waals surface area contributed by atoms with Gasteiger partial charge < -0.3 is 14.5 Å². The van der Waals surface area contributed by atoms with Crippen LogP contribution < -0.4 is 0 Å². The molecule has 0 unspecified atom stereocenters. The second kappa shape index (κ2) is 5.70. The summed E-state index contributed by atoms with van der Waals surface area (Å²) in [7, 11) is 0. The first-order valence-corrected chi connectivity index (χ1v) is 7.91.